The maximum Gasteiger partial charge on any atom is 0.236 e. The molecule has 5 heteroatoms. The molecule has 0 bridgehead atoms. The summed E-state index contributed by atoms with van der Waals surface area (Å²) in [7, 11) is 0. The quantitative estimate of drug-likeness (QED) is 0.842. The van der Waals surface area contributed by atoms with Gasteiger partial charge in [0.1, 0.15) is 12.4 Å². The molecule has 1 aromatic carbocycles. The minimum atomic E-state index is 0.122. The Bertz CT molecular complexity index is 419. The van der Waals surface area contributed by atoms with Crippen molar-refractivity contribution in [1.82, 2.24) is 4.90 Å². The largest absolute Gasteiger partial charge is 0.492 e. The number of benzene rings is 1. The summed E-state index contributed by atoms with van der Waals surface area (Å²) < 4.78 is 5.52. The Morgan fingerprint density at radius 3 is 2.82 bits per heavy atom. The van der Waals surface area contributed by atoms with E-state index in [0.717, 1.165) is 5.75 Å². The maximum atomic E-state index is 11.5. The molecule has 17 heavy (non-hydrogen) atoms. The van der Waals surface area contributed by atoms with Crippen LogP contribution in [0, 0.1) is 0 Å². The molecule has 0 aromatic heterocycles. The van der Waals surface area contributed by atoms with E-state index >= 15 is 0 Å². The molecule has 90 valence electrons. The lowest BCUT2D eigenvalue weighted by atomic mass is 10.3. The zero-order chi connectivity index (χ0) is 12.1. The normalized spacial score (nSPS) is 15.1. The van der Waals surface area contributed by atoms with Crippen LogP contribution in [-0.4, -0.2) is 29.7 Å². The van der Waals surface area contributed by atoms with Crippen molar-refractivity contribution in [2.45, 2.75) is 0 Å². The van der Waals surface area contributed by atoms with Crippen LogP contribution >= 0.6 is 23.4 Å². The van der Waals surface area contributed by atoms with Gasteiger partial charge < -0.3 is 9.64 Å². The number of carbonyl (C=O) groups excluding carboxylic acids is 1. The standard InChI is InChI=1S/C12H12ClNO2S/c13-10-1-3-11(4-2-10)16-7-5-14-6-8-17-9-12(14)15/h1-4,6,8H,5,7,9H2. The van der Waals surface area contributed by atoms with Crippen LogP contribution in [0.25, 0.3) is 0 Å². The van der Waals surface area contributed by atoms with Gasteiger partial charge in [-0.05, 0) is 29.7 Å². The summed E-state index contributed by atoms with van der Waals surface area (Å²) in [5.41, 5.74) is 0. The van der Waals surface area contributed by atoms with Gasteiger partial charge in [0, 0.05) is 11.2 Å². The molecule has 1 aliphatic heterocycles. The van der Waals surface area contributed by atoms with E-state index < -0.39 is 0 Å². The van der Waals surface area contributed by atoms with E-state index in [1.165, 1.54) is 11.8 Å². The highest BCUT2D eigenvalue weighted by Gasteiger charge is 2.13. The highest BCUT2D eigenvalue weighted by atomic mass is 35.5. The molecule has 3 nitrogen and oxygen atoms in total. The van der Waals surface area contributed by atoms with Crippen LogP contribution in [0.3, 0.4) is 0 Å². The van der Waals surface area contributed by atoms with E-state index in [2.05, 4.69) is 0 Å². The second-order valence-electron chi connectivity index (χ2n) is 3.49. The zero-order valence-electron chi connectivity index (χ0n) is 9.14. The SMILES string of the molecule is O=C1CSC=CN1CCOc1ccc(Cl)cc1. The molecule has 0 saturated heterocycles. The third kappa shape index (κ3) is 3.68. The number of halogens is 1. The maximum absolute atomic E-state index is 11.5. The second kappa shape index (κ2) is 5.98. The fraction of sp³-hybridized carbons (Fsp3) is 0.250. The van der Waals surface area contributed by atoms with Gasteiger partial charge in [-0.3, -0.25) is 4.79 Å². The number of amides is 1. The van der Waals surface area contributed by atoms with E-state index in [1.54, 1.807) is 23.2 Å². The summed E-state index contributed by atoms with van der Waals surface area (Å²) in [6, 6.07) is 7.18. The van der Waals surface area contributed by atoms with Crippen LogP contribution in [0.15, 0.2) is 35.9 Å². The zero-order valence-corrected chi connectivity index (χ0v) is 10.7. The van der Waals surface area contributed by atoms with Crippen molar-refractivity contribution >= 4 is 29.3 Å². The fourth-order valence-electron chi connectivity index (χ4n) is 1.39. The van der Waals surface area contributed by atoms with Crippen molar-refractivity contribution in [3.63, 3.8) is 0 Å². The fourth-order valence-corrected chi connectivity index (χ4v) is 2.16. The number of hydrogen-bond acceptors (Lipinski definition) is 3. The van der Waals surface area contributed by atoms with Gasteiger partial charge in [0.05, 0.1) is 12.3 Å². The topological polar surface area (TPSA) is 29.5 Å². The minimum Gasteiger partial charge on any atom is -0.492 e. The molecule has 0 unspecified atom stereocenters. The van der Waals surface area contributed by atoms with Crippen molar-refractivity contribution in [3.8, 4) is 5.75 Å². The van der Waals surface area contributed by atoms with Crippen molar-refractivity contribution in [2.24, 2.45) is 0 Å². The number of ether oxygens (including phenoxy) is 1. The molecule has 0 aliphatic carbocycles. The number of nitrogens with zero attached hydrogens (tertiary/aromatic N) is 1. The number of rotatable bonds is 4. The molecule has 0 atom stereocenters. The first-order valence-corrected chi connectivity index (χ1v) is 6.64. The first kappa shape index (κ1) is 12.3. The molecule has 1 amide bonds. The summed E-state index contributed by atoms with van der Waals surface area (Å²) in [6.07, 6.45) is 1.79. The van der Waals surface area contributed by atoms with Crippen LogP contribution in [0.4, 0.5) is 0 Å². The Labute approximate surface area is 109 Å². The van der Waals surface area contributed by atoms with Crippen LogP contribution in [0.2, 0.25) is 5.02 Å². The summed E-state index contributed by atoms with van der Waals surface area (Å²) >= 11 is 7.28. The Kier molecular flexibility index (Phi) is 4.34. The first-order chi connectivity index (χ1) is 8.25. The monoisotopic (exact) mass is 269 g/mol. The molecule has 0 radical (unpaired) electrons. The van der Waals surface area contributed by atoms with Gasteiger partial charge in [-0.1, -0.05) is 11.6 Å². The van der Waals surface area contributed by atoms with Gasteiger partial charge in [0.2, 0.25) is 5.91 Å². The number of hydrogen-bond donors (Lipinski definition) is 0. The van der Waals surface area contributed by atoms with Crippen molar-refractivity contribution in [3.05, 3.63) is 40.9 Å². The third-order valence-electron chi connectivity index (χ3n) is 2.28. The summed E-state index contributed by atoms with van der Waals surface area (Å²) in [5, 5.41) is 2.60. The van der Waals surface area contributed by atoms with Gasteiger partial charge in [-0.15, -0.1) is 11.8 Å². The van der Waals surface area contributed by atoms with Gasteiger partial charge in [0.15, 0.2) is 0 Å². The molecule has 1 heterocycles. The molecule has 1 aromatic rings. The predicted molar refractivity (Wildman–Crippen MR) is 70.3 cm³/mol. The minimum absolute atomic E-state index is 0.122. The smallest absolute Gasteiger partial charge is 0.236 e. The Morgan fingerprint density at radius 1 is 1.35 bits per heavy atom. The highest BCUT2D eigenvalue weighted by Crippen LogP contribution is 2.16. The summed E-state index contributed by atoms with van der Waals surface area (Å²) in [6.45, 7) is 1.04. The highest BCUT2D eigenvalue weighted by molar-refractivity contribution is 8.02. The second-order valence-corrected chi connectivity index (χ2v) is 4.82. The average molecular weight is 270 g/mol. The first-order valence-electron chi connectivity index (χ1n) is 5.22. The lowest BCUT2D eigenvalue weighted by molar-refractivity contribution is -0.126. The Hall–Kier alpha value is -1.13. The molecule has 0 spiro atoms. The Balaban J connectivity index is 1.79. The van der Waals surface area contributed by atoms with Crippen LogP contribution < -0.4 is 4.74 Å². The van der Waals surface area contributed by atoms with Crippen LogP contribution in [0.1, 0.15) is 0 Å². The van der Waals surface area contributed by atoms with Gasteiger partial charge in [-0.25, -0.2) is 0 Å². The molecule has 1 aliphatic rings. The van der Waals surface area contributed by atoms with Gasteiger partial charge in [-0.2, -0.15) is 0 Å². The summed E-state index contributed by atoms with van der Waals surface area (Å²) in [5.74, 6) is 1.40. The molecule has 0 N–H and O–H groups in total. The molecular weight excluding hydrogens is 258 g/mol. The van der Waals surface area contributed by atoms with Crippen LogP contribution in [0.5, 0.6) is 5.75 Å². The van der Waals surface area contributed by atoms with Gasteiger partial charge >= 0.3 is 0 Å². The third-order valence-corrected chi connectivity index (χ3v) is 3.26. The van der Waals surface area contributed by atoms with Crippen molar-refractivity contribution in [1.29, 1.82) is 0 Å². The van der Waals surface area contributed by atoms with E-state index in [9.17, 15) is 4.79 Å². The van der Waals surface area contributed by atoms with E-state index in [-0.39, 0.29) is 5.91 Å². The number of thioether (sulfide) groups is 1. The van der Waals surface area contributed by atoms with Crippen molar-refractivity contribution < 1.29 is 9.53 Å². The molecule has 2 rings (SSSR count). The predicted octanol–water partition coefficient (Wildman–Crippen LogP) is 2.77. The van der Waals surface area contributed by atoms with Crippen molar-refractivity contribution in [2.75, 3.05) is 18.9 Å². The molecule has 0 saturated carbocycles. The number of carbonyl (C=O) groups is 1. The van der Waals surface area contributed by atoms with E-state index in [0.29, 0.717) is 23.9 Å². The van der Waals surface area contributed by atoms with E-state index in [1.807, 2.05) is 17.5 Å². The lowest BCUT2D eigenvalue weighted by Crippen LogP contribution is -2.32. The average Bonchev–Trinajstić information content (AvgIpc) is 2.34. The Morgan fingerprint density at radius 2 is 2.12 bits per heavy atom. The molecule has 0 fully saturated rings. The van der Waals surface area contributed by atoms with Gasteiger partial charge in [0.25, 0.3) is 0 Å². The summed E-state index contributed by atoms with van der Waals surface area (Å²) in [4.78, 5) is 13.1. The van der Waals surface area contributed by atoms with E-state index in [4.69, 9.17) is 16.3 Å². The lowest BCUT2D eigenvalue weighted by Gasteiger charge is -2.20. The van der Waals surface area contributed by atoms with Crippen LogP contribution in [-0.2, 0) is 4.79 Å². The molecular formula is C12H12ClNO2S.